The van der Waals surface area contributed by atoms with Crippen molar-refractivity contribution >= 4 is 23.0 Å². The first kappa shape index (κ1) is 17.8. The van der Waals surface area contributed by atoms with Crippen LogP contribution in [-0.4, -0.2) is 24.4 Å². The minimum atomic E-state index is 0.0837. The summed E-state index contributed by atoms with van der Waals surface area (Å²) in [6, 6.07) is 17.4. The zero-order valence-electron chi connectivity index (χ0n) is 13.7. The van der Waals surface area contributed by atoms with Crippen molar-refractivity contribution in [3.63, 3.8) is 0 Å². The highest BCUT2D eigenvalue weighted by Gasteiger charge is 2.06. The molecule has 2 N–H and O–H groups in total. The van der Waals surface area contributed by atoms with Gasteiger partial charge in [-0.2, -0.15) is 0 Å². The van der Waals surface area contributed by atoms with Crippen LogP contribution in [0.3, 0.4) is 0 Å². The van der Waals surface area contributed by atoms with Gasteiger partial charge < -0.3 is 20.1 Å². The SMILES string of the molecule is C=CCOc1ccc(NC(=S)NC(C)COc2ccccc2)cc1. The molecule has 126 valence electrons. The van der Waals surface area contributed by atoms with Crippen molar-refractivity contribution in [2.45, 2.75) is 13.0 Å². The first-order valence-corrected chi connectivity index (χ1v) is 8.17. The third-order valence-electron chi connectivity index (χ3n) is 3.10. The molecule has 1 atom stereocenters. The second-order valence-corrected chi connectivity index (χ2v) is 5.66. The van der Waals surface area contributed by atoms with Gasteiger partial charge >= 0.3 is 0 Å². The molecule has 5 heteroatoms. The highest BCUT2D eigenvalue weighted by atomic mass is 32.1. The van der Waals surface area contributed by atoms with E-state index in [1.165, 1.54) is 0 Å². The van der Waals surface area contributed by atoms with Gasteiger partial charge in [-0.25, -0.2) is 0 Å². The Labute approximate surface area is 148 Å². The van der Waals surface area contributed by atoms with Crippen molar-refractivity contribution in [2.75, 3.05) is 18.5 Å². The first-order chi connectivity index (χ1) is 11.7. The molecular weight excluding hydrogens is 320 g/mol. The van der Waals surface area contributed by atoms with E-state index in [-0.39, 0.29) is 6.04 Å². The van der Waals surface area contributed by atoms with Crippen LogP contribution in [0.5, 0.6) is 11.5 Å². The summed E-state index contributed by atoms with van der Waals surface area (Å²) in [5.74, 6) is 1.64. The molecule has 0 aromatic heterocycles. The van der Waals surface area contributed by atoms with Crippen LogP contribution in [0.2, 0.25) is 0 Å². The van der Waals surface area contributed by atoms with E-state index >= 15 is 0 Å². The molecule has 0 fully saturated rings. The van der Waals surface area contributed by atoms with Crippen molar-refractivity contribution in [1.82, 2.24) is 5.32 Å². The summed E-state index contributed by atoms with van der Waals surface area (Å²) in [5, 5.41) is 6.90. The molecule has 0 aliphatic heterocycles. The minimum Gasteiger partial charge on any atom is -0.491 e. The van der Waals surface area contributed by atoms with Crippen LogP contribution in [0.25, 0.3) is 0 Å². The number of benzene rings is 2. The molecule has 24 heavy (non-hydrogen) atoms. The maximum absolute atomic E-state index is 5.70. The molecular formula is C19H22N2O2S. The van der Waals surface area contributed by atoms with Gasteiger partial charge in [0.25, 0.3) is 0 Å². The van der Waals surface area contributed by atoms with Gasteiger partial charge in [0.2, 0.25) is 0 Å². The Kier molecular flexibility index (Phi) is 7.11. The molecule has 0 aliphatic carbocycles. The lowest BCUT2D eigenvalue weighted by atomic mass is 10.3. The Morgan fingerprint density at radius 2 is 1.75 bits per heavy atom. The Morgan fingerprint density at radius 1 is 1.08 bits per heavy atom. The molecule has 0 spiro atoms. The average Bonchev–Trinajstić information content (AvgIpc) is 2.60. The number of hydrogen-bond acceptors (Lipinski definition) is 3. The summed E-state index contributed by atoms with van der Waals surface area (Å²) in [7, 11) is 0. The Morgan fingerprint density at radius 3 is 2.42 bits per heavy atom. The number of anilines is 1. The molecule has 4 nitrogen and oxygen atoms in total. The summed E-state index contributed by atoms with van der Waals surface area (Å²) in [4.78, 5) is 0. The lowest BCUT2D eigenvalue weighted by Crippen LogP contribution is -2.39. The quantitative estimate of drug-likeness (QED) is 0.560. The van der Waals surface area contributed by atoms with Gasteiger partial charge in [0.05, 0.1) is 6.04 Å². The molecule has 0 saturated heterocycles. The number of rotatable bonds is 8. The summed E-state index contributed by atoms with van der Waals surface area (Å²) < 4.78 is 11.1. The molecule has 0 saturated carbocycles. The molecule has 2 aromatic carbocycles. The molecule has 0 amide bonds. The van der Waals surface area contributed by atoms with Crippen molar-refractivity contribution in [3.8, 4) is 11.5 Å². The zero-order valence-corrected chi connectivity index (χ0v) is 14.5. The largest absolute Gasteiger partial charge is 0.491 e. The van der Waals surface area contributed by atoms with E-state index in [9.17, 15) is 0 Å². The number of hydrogen-bond donors (Lipinski definition) is 2. The minimum absolute atomic E-state index is 0.0837. The summed E-state index contributed by atoms with van der Waals surface area (Å²) in [6.45, 7) is 6.66. The van der Waals surface area contributed by atoms with Gasteiger partial charge in [-0.05, 0) is 55.5 Å². The predicted octanol–water partition coefficient (Wildman–Crippen LogP) is 4.01. The predicted molar refractivity (Wildman–Crippen MR) is 103 cm³/mol. The topological polar surface area (TPSA) is 42.5 Å². The van der Waals surface area contributed by atoms with Crippen LogP contribution < -0.4 is 20.1 Å². The van der Waals surface area contributed by atoms with Crippen LogP contribution in [0, 0.1) is 0 Å². The average molecular weight is 342 g/mol. The molecule has 0 radical (unpaired) electrons. The van der Waals surface area contributed by atoms with Crippen molar-refractivity contribution in [3.05, 3.63) is 67.3 Å². The summed E-state index contributed by atoms with van der Waals surface area (Å²) in [5.41, 5.74) is 0.898. The highest BCUT2D eigenvalue weighted by Crippen LogP contribution is 2.15. The molecule has 1 unspecified atom stereocenters. The van der Waals surface area contributed by atoms with Gasteiger partial charge in [0.15, 0.2) is 5.11 Å². The van der Waals surface area contributed by atoms with E-state index in [4.69, 9.17) is 21.7 Å². The van der Waals surface area contributed by atoms with Crippen molar-refractivity contribution in [1.29, 1.82) is 0 Å². The van der Waals surface area contributed by atoms with Gasteiger partial charge in [-0.3, -0.25) is 0 Å². The van der Waals surface area contributed by atoms with E-state index in [2.05, 4.69) is 17.2 Å². The maximum Gasteiger partial charge on any atom is 0.171 e. The normalized spacial score (nSPS) is 11.2. The number of para-hydroxylation sites is 1. The number of nitrogens with one attached hydrogen (secondary N) is 2. The lowest BCUT2D eigenvalue weighted by Gasteiger charge is -2.17. The fourth-order valence-electron chi connectivity index (χ4n) is 1.96. The molecule has 0 heterocycles. The second kappa shape index (κ2) is 9.57. The van der Waals surface area contributed by atoms with Gasteiger partial charge in [0, 0.05) is 5.69 Å². The third kappa shape index (κ3) is 6.30. The number of thiocarbonyl (C=S) groups is 1. The standard InChI is InChI=1S/C19H22N2O2S/c1-3-13-22-18-11-9-16(10-12-18)21-19(24)20-15(2)14-23-17-7-5-4-6-8-17/h3-12,15H,1,13-14H2,2H3,(H2,20,21,24). The fraction of sp³-hybridized carbons (Fsp3) is 0.211. The highest BCUT2D eigenvalue weighted by molar-refractivity contribution is 7.80. The van der Waals surface area contributed by atoms with Crippen LogP contribution in [0.15, 0.2) is 67.3 Å². The summed E-state index contributed by atoms with van der Waals surface area (Å²) >= 11 is 5.32. The van der Waals surface area contributed by atoms with E-state index in [1.54, 1.807) is 6.08 Å². The monoisotopic (exact) mass is 342 g/mol. The molecule has 0 aliphatic rings. The van der Waals surface area contributed by atoms with Crippen LogP contribution in [0.4, 0.5) is 5.69 Å². The smallest absolute Gasteiger partial charge is 0.171 e. The zero-order chi connectivity index (χ0) is 17.2. The Hall–Kier alpha value is -2.53. The van der Waals surface area contributed by atoms with E-state index < -0.39 is 0 Å². The Bertz CT molecular complexity index is 644. The van der Waals surface area contributed by atoms with Gasteiger partial charge in [0.1, 0.15) is 24.7 Å². The second-order valence-electron chi connectivity index (χ2n) is 5.25. The first-order valence-electron chi connectivity index (χ1n) is 7.76. The van der Waals surface area contributed by atoms with Crippen LogP contribution in [0.1, 0.15) is 6.92 Å². The Balaban J connectivity index is 1.74. The number of ether oxygens (including phenoxy) is 2. The molecule has 2 rings (SSSR count). The van der Waals surface area contributed by atoms with Crippen molar-refractivity contribution in [2.24, 2.45) is 0 Å². The molecule has 2 aromatic rings. The fourth-order valence-corrected chi connectivity index (χ4v) is 2.28. The molecule has 0 bridgehead atoms. The van der Waals surface area contributed by atoms with Gasteiger partial charge in [-0.15, -0.1) is 0 Å². The lowest BCUT2D eigenvalue weighted by molar-refractivity contribution is 0.287. The van der Waals surface area contributed by atoms with E-state index in [0.29, 0.717) is 18.3 Å². The van der Waals surface area contributed by atoms with Crippen LogP contribution >= 0.6 is 12.2 Å². The third-order valence-corrected chi connectivity index (χ3v) is 3.32. The van der Waals surface area contributed by atoms with E-state index in [0.717, 1.165) is 17.2 Å². The van der Waals surface area contributed by atoms with Crippen LogP contribution in [-0.2, 0) is 0 Å². The summed E-state index contributed by atoms with van der Waals surface area (Å²) in [6.07, 6.45) is 1.71. The van der Waals surface area contributed by atoms with E-state index in [1.807, 2.05) is 61.5 Å². The van der Waals surface area contributed by atoms with Crippen molar-refractivity contribution < 1.29 is 9.47 Å². The maximum atomic E-state index is 5.70. The van der Waals surface area contributed by atoms with Gasteiger partial charge in [-0.1, -0.05) is 30.9 Å².